The zero-order valence-electron chi connectivity index (χ0n) is 37.9. The van der Waals surface area contributed by atoms with Gasteiger partial charge in [0.15, 0.2) is 5.78 Å². The van der Waals surface area contributed by atoms with E-state index in [9.17, 15) is 9.90 Å². The van der Waals surface area contributed by atoms with Gasteiger partial charge in [-0.3, -0.25) is 9.78 Å². The third-order valence-electron chi connectivity index (χ3n) is 13.4. The number of hydrogen-bond acceptors (Lipinski definition) is 3. The van der Waals surface area contributed by atoms with Crippen molar-refractivity contribution in [1.29, 1.82) is 0 Å². The van der Waals surface area contributed by atoms with Crippen molar-refractivity contribution in [3.8, 4) is 11.3 Å². The number of carbonyl (C=O) groups excluding carboxylic acids is 1. The Morgan fingerprint density at radius 2 is 1.28 bits per heavy atom. The maximum atomic E-state index is 12.2. The second kappa shape index (κ2) is 16.7. The third-order valence-corrected chi connectivity index (χ3v) is 13.4. The molecule has 0 spiro atoms. The van der Waals surface area contributed by atoms with Crippen LogP contribution in [0.15, 0.2) is 103 Å². The first-order valence-corrected chi connectivity index (χ1v) is 21.8. The normalized spacial score (nSPS) is 13.1. The minimum Gasteiger partial charge on any atom is -0.512 e. The summed E-state index contributed by atoms with van der Waals surface area (Å²) in [4.78, 5) is 17.5. The van der Waals surface area contributed by atoms with Crippen LogP contribution in [0, 0.1) is 22.3 Å². The molecular formula is C55H63IrN2O2-. The van der Waals surface area contributed by atoms with Crippen molar-refractivity contribution < 1.29 is 30.0 Å². The van der Waals surface area contributed by atoms with Crippen LogP contribution >= 0.6 is 0 Å². The van der Waals surface area contributed by atoms with Crippen molar-refractivity contribution in [2.75, 3.05) is 0 Å². The standard InChI is InChI=1S/C40H35N2.C15H28O2.Ir/c1-39(2,3)23-24-17-18-35-31(19-24)30-15-9-14-29-28-13-10-16-33-37(28)36(42(35)38(29)30)22-34(41-33)26-20-25-11-7-8-12-27(25)32(21-26)40(4,5)6;1-7-14(5,8-2)12(16)11-13(17)15(6,9-3)10-4;/h7-19,21-22H,23H2,1-6H3;11,16H,7-10H2,1-6H3;/q-1;;/b;12-11-;. The van der Waals surface area contributed by atoms with E-state index in [2.05, 4.69) is 143 Å². The Hall–Kier alpha value is -4.57. The number of benzene rings is 5. The largest absolute Gasteiger partial charge is 0.512 e. The van der Waals surface area contributed by atoms with Gasteiger partial charge in [0.05, 0.1) is 22.1 Å². The average Bonchev–Trinajstić information content (AvgIpc) is 3.54. The van der Waals surface area contributed by atoms with Crippen LogP contribution in [-0.4, -0.2) is 20.3 Å². The van der Waals surface area contributed by atoms with E-state index < -0.39 is 0 Å². The van der Waals surface area contributed by atoms with E-state index in [1.807, 2.05) is 41.5 Å². The number of para-hydroxylation sites is 1. The van der Waals surface area contributed by atoms with Gasteiger partial charge in [-0.1, -0.05) is 149 Å². The molecule has 5 aromatic carbocycles. The van der Waals surface area contributed by atoms with Gasteiger partial charge < -0.3 is 9.51 Å². The molecule has 0 aliphatic rings. The molecule has 5 heteroatoms. The van der Waals surface area contributed by atoms with E-state index in [1.54, 1.807) is 0 Å². The first-order chi connectivity index (χ1) is 27.9. The van der Waals surface area contributed by atoms with Gasteiger partial charge in [0.25, 0.3) is 0 Å². The molecule has 0 saturated heterocycles. The van der Waals surface area contributed by atoms with Gasteiger partial charge in [0, 0.05) is 64.3 Å². The Bertz CT molecular complexity index is 2870. The number of rotatable bonds is 9. The Kier molecular flexibility index (Phi) is 12.5. The Morgan fingerprint density at radius 1 is 0.683 bits per heavy atom. The first kappa shape index (κ1) is 45.0. The molecule has 0 atom stereocenters. The van der Waals surface area contributed by atoms with Crippen LogP contribution in [0.1, 0.15) is 120 Å². The molecule has 4 nitrogen and oxygen atoms in total. The molecular weight excluding hydrogens is 913 g/mol. The summed E-state index contributed by atoms with van der Waals surface area (Å²) < 4.78 is 2.49. The third kappa shape index (κ3) is 8.13. The SMILES string of the molecule is CC(C)(C)Cc1ccc2c(c1)c1cccc3c4cccc5nc(-c6[c-]c7ccccc7c(C(C)(C)C)c6)cc(c54)n2c31.CCC(C)(CC)C(=O)/C=C(\O)C(C)(CC)CC.[Ir]. The number of fused-ring (bicyclic) bond motifs is 6. The molecule has 3 aromatic heterocycles. The second-order valence-corrected chi connectivity index (χ2v) is 19.7. The summed E-state index contributed by atoms with van der Waals surface area (Å²) in [5.41, 5.74) is 9.10. The molecule has 0 amide bonds. The number of carbonyl (C=O) groups is 1. The smallest absolute Gasteiger partial charge is 0.164 e. The van der Waals surface area contributed by atoms with Gasteiger partial charge in [-0.25, -0.2) is 0 Å². The van der Waals surface area contributed by atoms with Crippen LogP contribution in [0.2, 0.25) is 0 Å². The van der Waals surface area contributed by atoms with Gasteiger partial charge in [0.2, 0.25) is 0 Å². The maximum Gasteiger partial charge on any atom is 0.164 e. The van der Waals surface area contributed by atoms with E-state index in [4.69, 9.17) is 4.98 Å². The molecule has 0 bridgehead atoms. The molecule has 8 rings (SSSR count). The average molecular weight is 976 g/mol. The fraction of sp³-hybridized carbons (Fsp3) is 0.382. The van der Waals surface area contributed by atoms with Gasteiger partial charge >= 0.3 is 0 Å². The van der Waals surface area contributed by atoms with E-state index in [0.29, 0.717) is 0 Å². The number of nitrogens with zero attached hydrogens (tertiary/aromatic N) is 2. The summed E-state index contributed by atoms with van der Waals surface area (Å²) in [6.45, 7) is 25.9. The molecule has 0 aliphatic carbocycles. The summed E-state index contributed by atoms with van der Waals surface area (Å²) in [7, 11) is 0. The molecule has 1 N–H and O–H groups in total. The van der Waals surface area contributed by atoms with E-state index in [-0.39, 0.29) is 53.3 Å². The van der Waals surface area contributed by atoms with E-state index in [0.717, 1.165) is 54.3 Å². The van der Waals surface area contributed by atoms with Crippen LogP contribution in [0.4, 0.5) is 0 Å². The molecule has 0 unspecified atom stereocenters. The minimum absolute atomic E-state index is 0. The summed E-state index contributed by atoms with van der Waals surface area (Å²) in [6, 6.07) is 37.4. The maximum absolute atomic E-state index is 12.2. The number of aliphatic hydroxyl groups excluding tert-OH is 1. The number of hydrogen-bond donors (Lipinski definition) is 1. The van der Waals surface area contributed by atoms with Crippen molar-refractivity contribution in [3.05, 3.63) is 120 Å². The Morgan fingerprint density at radius 3 is 1.92 bits per heavy atom. The monoisotopic (exact) mass is 976 g/mol. The molecule has 3 heterocycles. The molecule has 60 heavy (non-hydrogen) atoms. The van der Waals surface area contributed by atoms with Crippen LogP contribution < -0.4 is 0 Å². The van der Waals surface area contributed by atoms with E-state index >= 15 is 0 Å². The Balaban J connectivity index is 0.000000287. The number of allylic oxidation sites excluding steroid dienone is 2. The predicted molar refractivity (Wildman–Crippen MR) is 253 cm³/mol. The van der Waals surface area contributed by atoms with Gasteiger partial charge in [-0.2, -0.15) is 0 Å². The van der Waals surface area contributed by atoms with Crippen molar-refractivity contribution in [2.24, 2.45) is 16.2 Å². The number of aliphatic hydroxyl groups is 1. The molecule has 1 radical (unpaired) electrons. The van der Waals surface area contributed by atoms with Crippen LogP contribution in [0.5, 0.6) is 0 Å². The molecule has 0 aliphatic heterocycles. The number of pyridine rings is 2. The molecule has 315 valence electrons. The summed E-state index contributed by atoms with van der Waals surface area (Å²) in [5.74, 6) is 0.286. The minimum atomic E-state index is -0.337. The molecule has 8 aromatic rings. The summed E-state index contributed by atoms with van der Waals surface area (Å²) in [6.07, 6.45) is 5.80. The quantitative estimate of drug-likeness (QED) is 0.0515. The van der Waals surface area contributed by atoms with Gasteiger partial charge in [0.1, 0.15) is 5.76 Å². The van der Waals surface area contributed by atoms with Crippen molar-refractivity contribution in [1.82, 2.24) is 9.38 Å². The van der Waals surface area contributed by atoms with Gasteiger partial charge in [-0.05, 0) is 78.1 Å². The fourth-order valence-electron chi connectivity index (χ4n) is 8.78. The molecule has 0 fully saturated rings. The first-order valence-electron chi connectivity index (χ1n) is 21.8. The summed E-state index contributed by atoms with van der Waals surface area (Å²) in [5, 5.41) is 18.9. The van der Waals surface area contributed by atoms with Crippen molar-refractivity contribution in [2.45, 2.75) is 121 Å². The van der Waals surface area contributed by atoms with Crippen LogP contribution in [0.25, 0.3) is 71.0 Å². The molecule has 0 saturated carbocycles. The van der Waals surface area contributed by atoms with Crippen LogP contribution in [-0.2, 0) is 36.7 Å². The zero-order valence-corrected chi connectivity index (χ0v) is 40.3. The van der Waals surface area contributed by atoms with Crippen molar-refractivity contribution in [3.63, 3.8) is 0 Å². The van der Waals surface area contributed by atoms with Crippen LogP contribution in [0.3, 0.4) is 0 Å². The fourth-order valence-corrected chi connectivity index (χ4v) is 8.78. The van der Waals surface area contributed by atoms with E-state index in [1.165, 1.54) is 66.1 Å². The predicted octanol–water partition coefficient (Wildman–Crippen LogP) is 15.5. The summed E-state index contributed by atoms with van der Waals surface area (Å²) >= 11 is 0. The van der Waals surface area contributed by atoms with Crippen molar-refractivity contribution >= 4 is 65.6 Å². The number of ketones is 1. The topological polar surface area (TPSA) is 54.6 Å². The second-order valence-electron chi connectivity index (χ2n) is 19.7. The zero-order chi connectivity index (χ0) is 42.7. The Labute approximate surface area is 371 Å². The number of aromatic nitrogens is 2. The van der Waals surface area contributed by atoms with Gasteiger partial charge in [-0.15, -0.1) is 29.1 Å².